The van der Waals surface area contributed by atoms with Gasteiger partial charge in [-0.15, -0.1) is 0 Å². The van der Waals surface area contributed by atoms with Crippen LogP contribution in [0.25, 0.3) is 10.9 Å². The molecule has 1 amide bonds. The molecule has 1 heterocycles. The van der Waals surface area contributed by atoms with Crippen LogP contribution in [0.1, 0.15) is 31.2 Å². The minimum Gasteiger partial charge on any atom is -0.355 e. The summed E-state index contributed by atoms with van der Waals surface area (Å²) in [5.74, 6) is 1.45. The van der Waals surface area contributed by atoms with Crippen molar-refractivity contribution in [1.82, 2.24) is 15.3 Å². The van der Waals surface area contributed by atoms with Gasteiger partial charge in [-0.05, 0) is 18.1 Å². The van der Waals surface area contributed by atoms with E-state index in [4.69, 9.17) is 0 Å². The van der Waals surface area contributed by atoms with Crippen LogP contribution in [0, 0.1) is 0 Å². The van der Waals surface area contributed by atoms with Crippen molar-refractivity contribution < 1.29 is 4.79 Å². The minimum absolute atomic E-state index is 0.0275. The van der Waals surface area contributed by atoms with Crippen LogP contribution < -0.4 is 5.32 Å². The molecule has 0 saturated heterocycles. The molecular formula is C21H23N3OS. The summed E-state index contributed by atoms with van der Waals surface area (Å²) in [5.41, 5.74) is 2.15. The van der Waals surface area contributed by atoms with E-state index in [0.717, 1.165) is 28.2 Å². The fourth-order valence-corrected chi connectivity index (χ4v) is 3.46. The van der Waals surface area contributed by atoms with E-state index in [1.54, 1.807) is 0 Å². The molecule has 0 aliphatic heterocycles. The highest BCUT2D eigenvalue weighted by molar-refractivity contribution is 8.00. The lowest BCUT2D eigenvalue weighted by Gasteiger charge is -2.10. The summed E-state index contributed by atoms with van der Waals surface area (Å²) < 4.78 is 0. The fourth-order valence-electron chi connectivity index (χ4n) is 2.61. The van der Waals surface area contributed by atoms with Gasteiger partial charge in [0.15, 0.2) is 0 Å². The van der Waals surface area contributed by atoms with Crippen LogP contribution in [0.2, 0.25) is 0 Å². The summed E-state index contributed by atoms with van der Waals surface area (Å²) in [6.45, 7) is 4.80. The SMILES string of the molecule is CC(C)c1nc(SCC(=O)NCCc2ccccc2)c2ccccc2n1. The van der Waals surface area contributed by atoms with Crippen molar-refractivity contribution in [2.24, 2.45) is 0 Å². The Labute approximate surface area is 158 Å². The second kappa shape index (κ2) is 8.81. The van der Waals surface area contributed by atoms with Crippen molar-refractivity contribution in [3.63, 3.8) is 0 Å². The van der Waals surface area contributed by atoms with Gasteiger partial charge in [0, 0.05) is 17.8 Å². The maximum atomic E-state index is 12.2. The molecule has 134 valence electrons. The van der Waals surface area contributed by atoms with Crippen LogP contribution in [0.4, 0.5) is 0 Å². The average molecular weight is 366 g/mol. The molecule has 0 saturated carbocycles. The van der Waals surface area contributed by atoms with Gasteiger partial charge >= 0.3 is 0 Å². The maximum Gasteiger partial charge on any atom is 0.230 e. The van der Waals surface area contributed by atoms with E-state index in [9.17, 15) is 4.79 Å². The van der Waals surface area contributed by atoms with Crippen LogP contribution in [0.5, 0.6) is 0 Å². The van der Waals surface area contributed by atoms with Crippen molar-refractivity contribution in [1.29, 1.82) is 0 Å². The first-order valence-electron chi connectivity index (χ1n) is 8.83. The van der Waals surface area contributed by atoms with E-state index in [2.05, 4.69) is 41.3 Å². The standard InChI is InChI=1S/C21H23N3OS/c1-15(2)20-23-18-11-7-6-10-17(18)21(24-20)26-14-19(25)22-13-12-16-8-4-3-5-9-16/h3-11,15H,12-14H2,1-2H3,(H,22,25). The monoisotopic (exact) mass is 365 g/mol. The third kappa shape index (κ3) is 4.82. The van der Waals surface area contributed by atoms with E-state index in [-0.39, 0.29) is 11.8 Å². The van der Waals surface area contributed by atoms with Gasteiger partial charge in [-0.3, -0.25) is 4.79 Å². The molecule has 26 heavy (non-hydrogen) atoms. The highest BCUT2D eigenvalue weighted by Crippen LogP contribution is 2.26. The van der Waals surface area contributed by atoms with Gasteiger partial charge < -0.3 is 5.32 Å². The van der Waals surface area contributed by atoms with Crippen molar-refractivity contribution in [2.45, 2.75) is 31.2 Å². The van der Waals surface area contributed by atoms with Crippen LogP contribution in [-0.4, -0.2) is 28.2 Å². The van der Waals surface area contributed by atoms with Crippen LogP contribution in [0.15, 0.2) is 59.6 Å². The Morgan fingerprint density at radius 1 is 1.04 bits per heavy atom. The molecular weight excluding hydrogens is 342 g/mol. The smallest absolute Gasteiger partial charge is 0.230 e. The predicted octanol–water partition coefficient (Wildman–Crippen LogP) is 4.20. The second-order valence-electron chi connectivity index (χ2n) is 6.43. The average Bonchev–Trinajstić information content (AvgIpc) is 2.66. The molecule has 3 aromatic rings. The molecule has 4 nitrogen and oxygen atoms in total. The molecule has 1 N–H and O–H groups in total. The van der Waals surface area contributed by atoms with E-state index in [0.29, 0.717) is 12.3 Å². The van der Waals surface area contributed by atoms with Gasteiger partial charge in [0.05, 0.1) is 11.3 Å². The zero-order valence-electron chi connectivity index (χ0n) is 15.1. The molecule has 2 aromatic carbocycles. The molecule has 0 bridgehead atoms. The molecule has 0 fully saturated rings. The summed E-state index contributed by atoms with van der Waals surface area (Å²) in [7, 11) is 0. The summed E-state index contributed by atoms with van der Waals surface area (Å²) in [6.07, 6.45) is 0.838. The van der Waals surface area contributed by atoms with Crippen LogP contribution in [0.3, 0.4) is 0 Å². The number of thioether (sulfide) groups is 1. The Balaban J connectivity index is 1.61. The van der Waals surface area contributed by atoms with Crippen molar-refractivity contribution in [2.75, 3.05) is 12.3 Å². The molecule has 1 aromatic heterocycles. The maximum absolute atomic E-state index is 12.2. The Hall–Kier alpha value is -2.40. The molecule has 5 heteroatoms. The zero-order chi connectivity index (χ0) is 18.4. The Kier molecular flexibility index (Phi) is 6.23. The number of para-hydroxylation sites is 1. The lowest BCUT2D eigenvalue weighted by Crippen LogP contribution is -2.27. The van der Waals surface area contributed by atoms with E-state index in [1.807, 2.05) is 42.5 Å². The van der Waals surface area contributed by atoms with Crippen molar-refractivity contribution in [3.8, 4) is 0 Å². The van der Waals surface area contributed by atoms with Gasteiger partial charge in [-0.2, -0.15) is 0 Å². The van der Waals surface area contributed by atoms with Gasteiger partial charge in [0.2, 0.25) is 5.91 Å². The molecule has 0 unspecified atom stereocenters. The molecule has 0 atom stereocenters. The molecule has 3 rings (SSSR count). The fraction of sp³-hybridized carbons (Fsp3) is 0.286. The molecule has 0 radical (unpaired) electrons. The summed E-state index contributed by atoms with van der Waals surface area (Å²) >= 11 is 1.47. The number of rotatable bonds is 7. The number of nitrogens with zero attached hydrogens (tertiary/aromatic N) is 2. The van der Waals surface area contributed by atoms with E-state index in [1.165, 1.54) is 17.3 Å². The van der Waals surface area contributed by atoms with Crippen molar-refractivity contribution in [3.05, 3.63) is 66.0 Å². The van der Waals surface area contributed by atoms with Crippen LogP contribution >= 0.6 is 11.8 Å². The molecule has 0 aliphatic carbocycles. The number of carbonyl (C=O) groups is 1. The van der Waals surface area contributed by atoms with Crippen LogP contribution in [-0.2, 0) is 11.2 Å². The minimum atomic E-state index is 0.0275. The second-order valence-corrected chi connectivity index (χ2v) is 7.40. The first-order chi connectivity index (χ1) is 12.6. The number of aromatic nitrogens is 2. The highest BCUT2D eigenvalue weighted by Gasteiger charge is 2.12. The summed E-state index contributed by atoms with van der Waals surface area (Å²) in [6, 6.07) is 18.1. The first kappa shape index (κ1) is 18.4. The van der Waals surface area contributed by atoms with Crippen molar-refractivity contribution >= 4 is 28.6 Å². The first-order valence-corrected chi connectivity index (χ1v) is 9.82. The van der Waals surface area contributed by atoms with Gasteiger partial charge in [-0.1, -0.05) is 74.1 Å². The predicted molar refractivity (Wildman–Crippen MR) is 108 cm³/mol. The summed E-state index contributed by atoms with van der Waals surface area (Å²) in [5, 5.41) is 4.86. The third-order valence-electron chi connectivity index (χ3n) is 4.02. The quantitative estimate of drug-likeness (QED) is 0.503. The lowest BCUT2D eigenvalue weighted by molar-refractivity contribution is -0.118. The number of amides is 1. The van der Waals surface area contributed by atoms with E-state index >= 15 is 0 Å². The Morgan fingerprint density at radius 2 is 1.77 bits per heavy atom. The number of carbonyl (C=O) groups excluding carboxylic acids is 1. The topological polar surface area (TPSA) is 54.9 Å². The highest BCUT2D eigenvalue weighted by atomic mass is 32.2. The number of benzene rings is 2. The zero-order valence-corrected chi connectivity index (χ0v) is 15.9. The number of hydrogen-bond acceptors (Lipinski definition) is 4. The van der Waals surface area contributed by atoms with Gasteiger partial charge in [-0.25, -0.2) is 9.97 Å². The lowest BCUT2D eigenvalue weighted by atomic mass is 10.1. The van der Waals surface area contributed by atoms with Gasteiger partial charge in [0.25, 0.3) is 0 Å². The largest absolute Gasteiger partial charge is 0.355 e. The number of fused-ring (bicyclic) bond motifs is 1. The van der Waals surface area contributed by atoms with E-state index < -0.39 is 0 Å². The molecule has 0 spiro atoms. The normalized spacial score (nSPS) is 11.0. The molecule has 0 aliphatic rings. The summed E-state index contributed by atoms with van der Waals surface area (Å²) in [4.78, 5) is 21.5. The Bertz CT molecular complexity index is 881. The van der Waals surface area contributed by atoms with Gasteiger partial charge in [0.1, 0.15) is 10.9 Å². The number of hydrogen-bond donors (Lipinski definition) is 1. The third-order valence-corrected chi connectivity index (χ3v) is 5.01. The Morgan fingerprint density at radius 3 is 2.54 bits per heavy atom. The number of nitrogens with one attached hydrogen (secondary N) is 1.